The number of carbonyl (C=O) groups is 2. The van der Waals surface area contributed by atoms with Crippen LogP contribution in [0.15, 0.2) is 54.6 Å². The fraction of sp³-hybridized carbons (Fsp3) is 0.300. The van der Waals surface area contributed by atoms with E-state index >= 15 is 0 Å². The Bertz CT molecular complexity index is 772. The molecule has 3 rings (SSSR count). The molecule has 4 nitrogen and oxygen atoms in total. The van der Waals surface area contributed by atoms with Gasteiger partial charge in [0.15, 0.2) is 0 Å². The van der Waals surface area contributed by atoms with E-state index in [1.54, 1.807) is 30.1 Å². The molecule has 0 bridgehead atoms. The van der Waals surface area contributed by atoms with Gasteiger partial charge in [0.25, 0.3) is 0 Å². The monoisotopic (exact) mass is 340 g/mol. The number of benzene rings is 2. The molecule has 1 N–H and O–H groups in total. The van der Waals surface area contributed by atoms with Gasteiger partial charge in [0.2, 0.25) is 11.8 Å². The molecule has 0 aliphatic heterocycles. The lowest BCUT2D eigenvalue weighted by Gasteiger charge is -2.23. The zero-order valence-electron chi connectivity index (χ0n) is 14.2. The van der Waals surface area contributed by atoms with Crippen molar-refractivity contribution >= 4 is 11.8 Å². The Morgan fingerprint density at radius 3 is 2.36 bits per heavy atom. The van der Waals surface area contributed by atoms with Gasteiger partial charge < -0.3 is 10.2 Å². The Hall–Kier alpha value is -2.69. The fourth-order valence-electron chi connectivity index (χ4n) is 2.94. The molecular formula is C20H21FN2O2. The first-order valence-electron chi connectivity index (χ1n) is 8.34. The van der Waals surface area contributed by atoms with Gasteiger partial charge in [0.1, 0.15) is 11.2 Å². The number of nitrogens with zero attached hydrogens (tertiary/aromatic N) is 1. The lowest BCUT2D eigenvalue weighted by atomic mass is 10.0. The van der Waals surface area contributed by atoms with Crippen molar-refractivity contribution in [2.75, 3.05) is 7.05 Å². The first-order valence-corrected chi connectivity index (χ1v) is 8.34. The highest BCUT2D eigenvalue weighted by molar-refractivity contribution is 6.07. The Kier molecular flexibility index (Phi) is 4.83. The van der Waals surface area contributed by atoms with Crippen LogP contribution in [0.4, 0.5) is 4.39 Å². The molecule has 1 aliphatic carbocycles. The van der Waals surface area contributed by atoms with Gasteiger partial charge in [-0.1, -0.05) is 48.5 Å². The maximum Gasteiger partial charge on any atom is 0.238 e. The third-order valence-electron chi connectivity index (χ3n) is 4.60. The number of hydrogen-bond acceptors (Lipinski definition) is 2. The van der Waals surface area contributed by atoms with Crippen molar-refractivity contribution in [2.24, 2.45) is 5.41 Å². The zero-order chi connectivity index (χ0) is 17.9. The van der Waals surface area contributed by atoms with Crippen LogP contribution in [0.3, 0.4) is 0 Å². The van der Waals surface area contributed by atoms with Crippen LogP contribution in [0.5, 0.6) is 0 Å². The lowest BCUT2D eigenvalue weighted by molar-refractivity contribution is -0.143. The summed E-state index contributed by atoms with van der Waals surface area (Å²) >= 11 is 0. The zero-order valence-corrected chi connectivity index (χ0v) is 14.2. The second-order valence-corrected chi connectivity index (χ2v) is 6.50. The molecule has 130 valence electrons. The summed E-state index contributed by atoms with van der Waals surface area (Å²) in [6.45, 7) is 0.547. The quantitative estimate of drug-likeness (QED) is 0.822. The van der Waals surface area contributed by atoms with Gasteiger partial charge in [-0.25, -0.2) is 4.39 Å². The number of amides is 2. The molecule has 25 heavy (non-hydrogen) atoms. The summed E-state index contributed by atoms with van der Waals surface area (Å²) in [6.07, 6.45) is 1.07. The highest BCUT2D eigenvalue weighted by Gasteiger charge is 2.57. The van der Waals surface area contributed by atoms with E-state index in [1.165, 1.54) is 6.07 Å². The molecule has 2 amide bonds. The Labute approximate surface area is 146 Å². The fourth-order valence-corrected chi connectivity index (χ4v) is 2.94. The van der Waals surface area contributed by atoms with E-state index in [9.17, 15) is 14.0 Å². The van der Waals surface area contributed by atoms with E-state index in [0.717, 1.165) is 5.56 Å². The van der Waals surface area contributed by atoms with Gasteiger partial charge >= 0.3 is 0 Å². The molecule has 0 heterocycles. The van der Waals surface area contributed by atoms with Crippen LogP contribution in [0.2, 0.25) is 0 Å². The molecule has 0 spiro atoms. The van der Waals surface area contributed by atoms with E-state index in [0.29, 0.717) is 24.9 Å². The molecule has 1 fully saturated rings. The second kappa shape index (κ2) is 7.05. The van der Waals surface area contributed by atoms with Crippen molar-refractivity contribution in [3.05, 3.63) is 71.5 Å². The predicted octanol–water partition coefficient (Wildman–Crippen LogP) is 2.88. The molecule has 0 unspecified atom stereocenters. The third-order valence-corrected chi connectivity index (χ3v) is 4.60. The summed E-state index contributed by atoms with van der Waals surface area (Å²) in [7, 11) is 1.71. The van der Waals surface area contributed by atoms with Crippen LogP contribution >= 0.6 is 0 Å². The van der Waals surface area contributed by atoms with Gasteiger partial charge in [-0.3, -0.25) is 9.59 Å². The summed E-state index contributed by atoms with van der Waals surface area (Å²) in [5.41, 5.74) is 0.437. The van der Waals surface area contributed by atoms with Crippen molar-refractivity contribution in [3.63, 3.8) is 0 Å². The molecular weight excluding hydrogens is 319 g/mol. The van der Waals surface area contributed by atoms with Crippen LogP contribution in [-0.2, 0) is 22.7 Å². The minimum atomic E-state index is -0.991. The lowest BCUT2D eigenvalue weighted by Crippen LogP contribution is -2.43. The molecule has 0 atom stereocenters. The minimum absolute atomic E-state index is 0.0862. The molecule has 2 aromatic carbocycles. The van der Waals surface area contributed by atoms with Crippen molar-refractivity contribution < 1.29 is 14.0 Å². The first-order chi connectivity index (χ1) is 12.0. The van der Waals surface area contributed by atoms with E-state index in [2.05, 4.69) is 5.32 Å². The van der Waals surface area contributed by atoms with Crippen LogP contribution in [0.1, 0.15) is 24.0 Å². The summed E-state index contributed by atoms with van der Waals surface area (Å²) < 4.78 is 13.7. The van der Waals surface area contributed by atoms with E-state index in [1.807, 2.05) is 30.3 Å². The Morgan fingerprint density at radius 1 is 1.08 bits per heavy atom. The summed E-state index contributed by atoms with van der Waals surface area (Å²) in [4.78, 5) is 26.9. The number of hydrogen-bond donors (Lipinski definition) is 1. The van der Waals surface area contributed by atoms with Crippen LogP contribution in [0.25, 0.3) is 0 Å². The number of halogens is 1. The summed E-state index contributed by atoms with van der Waals surface area (Å²) in [6, 6.07) is 15.9. The summed E-state index contributed by atoms with van der Waals surface area (Å²) in [5, 5.41) is 2.72. The van der Waals surface area contributed by atoms with Crippen LogP contribution in [-0.4, -0.2) is 23.8 Å². The summed E-state index contributed by atoms with van der Waals surface area (Å²) in [5.74, 6) is -0.858. The number of rotatable bonds is 6. The number of carbonyl (C=O) groups excluding carboxylic acids is 2. The number of nitrogens with one attached hydrogen (secondary N) is 1. The van der Waals surface area contributed by atoms with Crippen molar-refractivity contribution in [1.82, 2.24) is 10.2 Å². The molecule has 5 heteroatoms. The molecule has 1 aliphatic rings. The molecule has 0 radical (unpaired) electrons. The van der Waals surface area contributed by atoms with Crippen molar-refractivity contribution in [1.29, 1.82) is 0 Å². The van der Waals surface area contributed by atoms with Gasteiger partial charge in [-0.05, 0) is 24.5 Å². The Balaban J connectivity index is 1.61. The average molecular weight is 340 g/mol. The highest BCUT2D eigenvalue weighted by atomic mass is 19.1. The largest absolute Gasteiger partial charge is 0.351 e. The molecule has 0 aromatic heterocycles. The van der Waals surface area contributed by atoms with Crippen LogP contribution in [0, 0.1) is 11.2 Å². The minimum Gasteiger partial charge on any atom is -0.351 e. The standard InChI is InChI=1S/C20H21FN2O2/c1-23(14-15-7-3-2-4-8-15)19(25)20(11-12-20)18(24)22-13-16-9-5-6-10-17(16)21/h2-10H,11-14H2,1H3,(H,22,24). The van der Waals surface area contributed by atoms with E-state index in [-0.39, 0.29) is 24.2 Å². The topological polar surface area (TPSA) is 49.4 Å². The van der Waals surface area contributed by atoms with Gasteiger partial charge in [0.05, 0.1) is 0 Å². The molecule has 0 saturated heterocycles. The smallest absolute Gasteiger partial charge is 0.238 e. The maximum absolute atomic E-state index is 13.7. The maximum atomic E-state index is 13.7. The van der Waals surface area contributed by atoms with Crippen LogP contribution < -0.4 is 5.32 Å². The highest BCUT2D eigenvalue weighted by Crippen LogP contribution is 2.47. The van der Waals surface area contributed by atoms with E-state index in [4.69, 9.17) is 0 Å². The third kappa shape index (κ3) is 3.71. The van der Waals surface area contributed by atoms with Crippen molar-refractivity contribution in [3.8, 4) is 0 Å². The normalized spacial score (nSPS) is 14.6. The van der Waals surface area contributed by atoms with Crippen molar-refractivity contribution in [2.45, 2.75) is 25.9 Å². The average Bonchev–Trinajstić information content (AvgIpc) is 3.43. The van der Waals surface area contributed by atoms with E-state index < -0.39 is 5.41 Å². The first kappa shape index (κ1) is 17.1. The van der Waals surface area contributed by atoms with Gasteiger partial charge in [0, 0.05) is 25.7 Å². The second-order valence-electron chi connectivity index (χ2n) is 6.50. The van der Waals surface area contributed by atoms with Gasteiger partial charge in [-0.15, -0.1) is 0 Å². The Morgan fingerprint density at radius 2 is 1.72 bits per heavy atom. The predicted molar refractivity (Wildman–Crippen MR) is 92.8 cm³/mol. The molecule has 2 aromatic rings. The van der Waals surface area contributed by atoms with Gasteiger partial charge in [-0.2, -0.15) is 0 Å². The molecule has 1 saturated carbocycles. The SMILES string of the molecule is CN(Cc1ccccc1)C(=O)C1(C(=O)NCc2ccccc2F)CC1.